The lowest BCUT2D eigenvalue weighted by Crippen LogP contribution is -2.28. The molecule has 5 aromatic rings. The summed E-state index contributed by atoms with van der Waals surface area (Å²) in [5, 5.41) is 82.8. The molecule has 18 heteroatoms. The molecular formula is C54H52N8O10. The zero-order chi connectivity index (χ0) is 51.5. The van der Waals surface area contributed by atoms with E-state index in [0.717, 1.165) is 11.1 Å². The smallest absolute Gasteiger partial charge is 0.257 e. The molecule has 1 aliphatic heterocycles. The second kappa shape index (κ2) is 23.4. The van der Waals surface area contributed by atoms with Crippen molar-refractivity contribution in [3.8, 4) is 58.5 Å². The number of aromatic hydroxyl groups is 4. The molecule has 72 heavy (non-hydrogen) atoms. The van der Waals surface area contributed by atoms with E-state index >= 15 is 0 Å². The summed E-state index contributed by atoms with van der Waals surface area (Å²) in [5.41, 5.74) is 21.2. The third-order valence-electron chi connectivity index (χ3n) is 12.2. The molecule has 0 spiro atoms. The predicted molar refractivity (Wildman–Crippen MR) is 269 cm³/mol. The number of carbonyl (C=O) groups excluding carboxylic acids is 1. The third kappa shape index (κ3) is 12.1. The minimum Gasteiger partial charge on any atom is -0.512 e. The van der Waals surface area contributed by atoms with Crippen LogP contribution in [0.3, 0.4) is 0 Å². The van der Waals surface area contributed by atoms with Crippen molar-refractivity contribution in [2.24, 2.45) is 33.5 Å². The van der Waals surface area contributed by atoms with Crippen molar-refractivity contribution in [1.29, 1.82) is 0 Å². The molecule has 2 unspecified atom stereocenters. The highest BCUT2D eigenvalue weighted by atomic mass is 16.3. The molecule has 1 amide bonds. The maximum atomic E-state index is 12.9. The van der Waals surface area contributed by atoms with Crippen molar-refractivity contribution >= 4 is 17.3 Å². The number of phenolic OH excluding ortho intramolecular Hbond substituents is 4. The number of phenols is 4. The van der Waals surface area contributed by atoms with Crippen LogP contribution in [0.25, 0.3) is 0 Å². The van der Waals surface area contributed by atoms with Gasteiger partial charge >= 0.3 is 0 Å². The first-order chi connectivity index (χ1) is 34.7. The Morgan fingerprint density at radius 2 is 1.15 bits per heavy atom. The molecule has 7 rings (SSSR count). The van der Waals surface area contributed by atoms with Crippen molar-refractivity contribution in [3.05, 3.63) is 174 Å². The van der Waals surface area contributed by atoms with Crippen LogP contribution in [-0.4, -0.2) is 82.5 Å². The number of amides is 1. The Morgan fingerprint density at radius 1 is 0.625 bits per heavy atom. The number of carbonyl (C=O) groups is 1. The van der Waals surface area contributed by atoms with Gasteiger partial charge in [-0.15, -0.1) is 9.81 Å². The Morgan fingerprint density at radius 3 is 1.72 bits per heavy atom. The van der Waals surface area contributed by atoms with E-state index in [1.54, 1.807) is 24.3 Å². The van der Waals surface area contributed by atoms with Crippen LogP contribution >= 0.6 is 0 Å². The number of nitrogens with two attached hydrogens (primary N) is 3. The molecule has 13 N–H and O–H groups in total. The molecule has 1 heterocycles. The number of rotatable bonds is 16. The van der Waals surface area contributed by atoms with Gasteiger partial charge in [0.1, 0.15) is 40.1 Å². The Balaban J connectivity index is 1.15. The lowest BCUT2D eigenvalue weighted by atomic mass is 9.93. The summed E-state index contributed by atoms with van der Waals surface area (Å²) in [6.07, 6.45) is 0.294. The number of hydrogen-bond acceptors (Lipinski definition) is 17. The molecule has 0 saturated heterocycles. The van der Waals surface area contributed by atoms with Gasteiger partial charge in [0.25, 0.3) is 5.91 Å². The minimum absolute atomic E-state index is 0.00434. The van der Waals surface area contributed by atoms with Crippen LogP contribution < -0.4 is 17.2 Å². The van der Waals surface area contributed by atoms with Crippen LogP contribution in [-0.2, 0) is 39.3 Å². The van der Waals surface area contributed by atoms with E-state index < -0.39 is 18.1 Å². The fourth-order valence-corrected chi connectivity index (χ4v) is 8.49. The lowest BCUT2D eigenvalue weighted by Gasteiger charge is -2.27. The van der Waals surface area contributed by atoms with E-state index in [9.17, 15) is 50.4 Å². The standard InChI is InChI=1S/C54H52N8O10/c55-15-3-6-35-18-45(58-71)39(22-47(35)63)29-61(32-42-25-50(66)38(26-57)21-52(42)68)28-34-13-11-33(12-14-34)27-60(31-41-24-49(65)37(7-4-16-56)20-51(41)67)30-40-23-48(64)36(19-46(40)59-72)8-5-17-62-53(69)43-9-1-2-10-44(43)54(62)70/h1-2,9-14,18-19,21-25,37,53,63-69H,15-17,20,26-32,55-57H2. The third-order valence-corrected chi connectivity index (χ3v) is 12.2. The van der Waals surface area contributed by atoms with E-state index in [-0.39, 0.29) is 129 Å². The van der Waals surface area contributed by atoms with Crippen LogP contribution in [0.1, 0.15) is 73.1 Å². The molecule has 5 aromatic carbocycles. The summed E-state index contributed by atoms with van der Waals surface area (Å²) >= 11 is 0. The normalized spacial score (nSPS) is 15.0. The van der Waals surface area contributed by atoms with Crippen molar-refractivity contribution < 1.29 is 40.5 Å². The molecule has 18 nitrogen and oxygen atoms in total. The van der Waals surface area contributed by atoms with Gasteiger partial charge in [0.05, 0.1) is 42.4 Å². The Bertz CT molecular complexity index is 3160. The Kier molecular flexibility index (Phi) is 16.7. The fourth-order valence-electron chi connectivity index (χ4n) is 8.49. The number of benzene rings is 5. The zero-order valence-corrected chi connectivity index (χ0v) is 38.9. The number of aliphatic hydroxyl groups is 3. The van der Waals surface area contributed by atoms with Gasteiger partial charge in [0, 0.05) is 80.1 Å². The molecule has 0 aromatic heterocycles. The first-order valence-corrected chi connectivity index (χ1v) is 22.6. The zero-order valence-electron chi connectivity index (χ0n) is 38.9. The Hall–Kier alpha value is -8.51. The maximum absolute atomic E-state index is 12.9. The van der Waals surface area contributed by atoms with E-state index in [4.69, 9.17) is 17.2 Å². The molecule has 0 saturated carbocycles. The van der Waals surface area contributed by atoms with Crippen LogP contribution in [0.2, 0.25) is 0 Å². The molecule has 368 valence electrons. The van der Waals surface area contributed by atoms with Gasteiger partial charge in [0.2, 0.25) is 0 Å². The summed E-state index contributed by atoms with van der Waals surface area (Å²) in [6, 6.07) is 22.4. The number of nitroso groups, excluding NO2 is 2. The number of hydrogen-bond donors (Lipinski definition) is 10. The van der Waals surface area contributed by atoms with Crippen molar-refractivity contribution in [3.63, 3.8) is 0 Å². The summed E-state index contributed by atoms with van der Waals surface area (Å²) in [4.78, 5) is 42.3. The molecule has 1 aliphatic carbocycles. The molecule has 0 fully saturated rings. The van der Waals surface area contributed by atoms with Gasteiger partial charge in [0.15, 0.2) is 6.23 Å². The second-order valence-corrected chi connectivity index (χ2v) is 17.1. The van der Waals surface area contributed by atoms with Crippen molar-refractivity contribution in [1.82, 2.24) is 14.7 Å². The monoisotopic (exact) mass is 972 g/mol. The molecule has 0 radical (unpaired) electrons. The highest BCUT2D eigenvalue weighted by molar-refractivity contribution is 5.99. The maximum Gasteiger partial charge on any atom is 0.257 e. The second-order valence-electron chi connectivity index (χ2n) is 17.1. The van der Waals surface area contributed by atoms with Gasteiger partial charge in [-0.3, -0.25) is 19.5 Å². The first-order valence-electron chi connectivity index (χ1n) is 22.6. The molecule has 0 bridgehead atoms. The topological polar surface area (TPSA) is 305 Å². The van der Waals surface area contributed by atoms with Gasteiger partial charge < -0.3 is 52.9 Å². The van der Waals surface area contributed by atoms with E-state index in [2.05, 4.69) is 45.9 Å². The quantitative estimate of drug-likeness (QED) is 0.0308. The average molecular weight is 973 g/mol. The number of nitrogens with zero attached hydrogens (tertiary/aromatic N) is 5. The van der Waals surface area contributed by atoms with Crippen LogP contribution in [0.15, 0.2) is 118 Å². The summed E-state index contributed by atoms with van der Waals surface area (Å²) in [6.45, 7) is 0.612. The van der Waals surface area contributed by atoms with E-state index in [0.29, 0.717) is 39.0 Å². The van der Waals surface area contributed by atoms with Gasteiger partial charge in [-0.2, -0.15) is 0 Å². The number of allylic oxidation sites excluding steroid dienone is 2. The fraction of sp³-hybridized carbons (Fsp3) is 0.241. The van der Waals surface area contributed by atoms with E-state index in [1.807, 2.05) is 34.1 Å². The van der Waals surface area contributed by atoms with Crippen LogP contribution in [0, 0.1) is 51.3 Å². The minimum atomic E-state index is -1.19. The lowest BCUT2D eigenvalue weighted by molar-refractivity contribution is 0.0241. The van der Waals surface area contributed by atoms with Gasteiger partial charge in [-0.1, -0.05) is 78.0 Å². The molecular weight excluding hydrogens is 921 g/mol. The number of fused-ring (bicyclic) bond motifs is 1. The predicted octanol–water partition coefficient (Wildman–Crippen LogP) is 6.01. The molecule has 2 atom stereocenters. The average Bonchev–Trinajstić information content (AvgIpc) is 3.61. The summed E-state index contributed by atoms with van der Waals surface area (Å²) in [5.74, 6) is 14.8. The van der Waals surface area contributed by atoms with E-state index in [1.165, 1.54) is 47.4 Å². The van der Waals surface area contributed by atoms with Crippen LogP contribution in [0.4, 0.5) is 11.4 Å². The molecule has 2 aliphatic rings. The number of aliphatic hydroxyl groups excluding tert-OH is 3. The highest BCUT2D eigenvalue weighted by Gasteiger charge is 2.34. The van der Waals surface area contributed by atoms with Crippen molar-refractivity contribution in [2.45, 2.75) is 51.9 Å². The highest BCUT2D eigenvalue weighted by Crippen LogP contribution is 2.35. The summed E-state index contributed by atoms with van der Waals surface area (Å²) in [7, 11) is 0. The largest absolute Gasteiger partial charge is 0.512 e. The first kappa shape index (κ1) is 51.3. The Labute approximate surface area is 414 Å². The van der Waals surface area contributed by atoms with Gasteiger partial charge in [-0.25, -0.2) is 0 Å². The van der Waals surface area contributed by atoms with Crippen LogP contribution in [0.5, 0.6) is 23.0 Å². The van der Waals surface area contributed by atoms with Crippen molar-refractivity contribution in [2.75, 3.05) is 26.2 Å². The summed E-state index contributed by atoms with van der Waals surface area (Å²) < 4.78 is 0. The SMILES string of the molecule is NCC#Cc1cc(N=O)c(CN(Cc2ccc(CN(CC3=C(O)CC(C#CCN)C(O)=C3)Cc3cc(O)c(C#CCN4C(=O)c5ccccc5C4O)cc3N=O)cc2)Cc2cc(O)c(CN)cc2O)cc1O. The van der Waals surface area contributed by atoms with Gasteiger partial charge in [-0.05, 0) is 81.1 Å².